The van der Waals surface area contributed by atoms with Gasteiger partial charge in [0.2, 0.25) is 5.60 Å². The second kappa shape index (κ2) is 9.90. The Labute approximate surface area is 191 Å². The van der Waals surface area contributed by atoms with E-state index < -0.39 is 11.6 Å². The minimum absolute atomic E-state index is 0.0501. The van der Waals surface area contributed by atoms with Gasteiger partial charge >= 0.3 is 5.97 Å². The van der Waals surface area contributed by atoms with Crippen LogP contribution in [0.1, 0.15) is 44.4 Å². The zero-order valence-corrected chi connectivity index (χ0v) is 19.6. The summed E-state index contributed by atoms with van der Waals surface area (Å²) in [7, 11) is 1.38. The summed E-state index contributed by atoms with van der Waals surface area (Å²) in [5.41, 5.74) is 2.17. The first-order valence-corrected chi connectivity index (χ1v) is 10.8. The molecule has 0 bridgehead atoms. The molecular formula is C28H32O4. The van der Waals surface area contributed by atoms with Crippen molar-refractivity contribution >= 4 is 5.97 Å². The van der Waals surface area contributed by atoms with Crippen LogP contribution in [0, 0.1) is 0 Å². The fourth-order valence-corrected chi connectivity index (χ4v) is 3.48. The lowest BCUT2D eigenvalue weighted by Crippen LogP contribution is -2.44. The van der Waals surface area contributed by atoms with Crippen LogP contribution in [0.4, 0.5) is 0 Å². The molecule has 0 aliphatic rings. The van der Waals surface area contributed by atoms with Crippen LogP contribution in [0.3, 0.4) is 0 Å². The Morgan fingerprint density at radius 3 is 1.91 bits per heavy atom. The molecule has 0 aliphatic carbocycles. The first-order chi connectivity index (χ1) is 15.2. The summed E-state index contributed by atoms with van der Waals surface area (Å²) in [6.07, 6.45) is 0.375. The number of esters is 1. The van der Waals surface area contributed by atoms with Gasteiger partial charge in [0.1, 0.15) is 18.1 Å². The van der Waals surface area contributed by atoms with Crippen LogP contribution in [-0.2, 0) is 28.0 Å². The first kappa shape index (κ1) is 23.4. The monoisotopic (exact) mass is 432 g/mol. The van der Waals surface area contributed by atoms with E-state index in [0.717, 1.165) is 16.9 Å². The third-order valence-electron chi connectivity index (χ3n) is 5.39. The standard InChI is InChI=1S/C28H32O4/c1-27(2,3)23-13-17-25(18-14-23)32-28(4,26(29)30-5)19-21-11-15-24(16-12-21)31-20-22-9-7-6-8-10-22/h6-18H,19-20H2,1-5H3. The number of hydrogen-bond donors (Lipinski definition) is 0. The van der Waals surface area contributed by atoms with Crippen molar-refractivity contribution in [3.8, 4) is 11.5 Å². The number of carbonyl (C=O) groups is 1. The van der Waals surface area contributed by atoms with Gasteiger partial charge in [-0.25, -0.2) is 4.79 Å². The molecule has 1 unspecified atom stereocenters. The minimum Gasteiger partial charge on any atom is -0.489 e. The molecule has 0 radical (unpaired) electrons. The lowest BCUT2D eigenvalue weighted by molar-refractivity contribution is -0.157. The zero-order chi connectivity index (χ0) is 23.2. The van der Waals surface area contributed by atoms with Crippen molar-refractivity contribution in [1.82, 2.24) is 0 Å². The second-order valence-corrected chi connectivity index (χ2v) is 9.19. The largest absolute Gasteiger partial charge is 0.489 e. The summed E-state index contributed by atoms with van der Waals surface area (Å²) >= 11 is 0. The number of methoxy groups -OCH3 is 1. The number of hydrogen-bond acceptors (Lipinski definition) is 4. The maximum absolute atomic E-state index is 12.6. The highest BCUT2D eigenvalue weighted by molar-refractivity contribution is 5.80. The molecule has 4 heteroatoms. The molecule has 0 amide bonds. The number of rotatable bonds is 8. The molecule has 1 atom stereocenters. The van der Waals surface area contributed by atoms with Gasteiger partial charge in [-0.1, -0.05) is 75.4 Å². The molecule has 0 spiro atoms. The Balaban J connectivity index is 1.70. The van der Waals surface area contributed by atoms with E-state index in [2.05, 4.69) is 20.8 Å². The average molecular weight is 433 g/mol. The molecule has 0 saturated carbocycles. The lowest BCUT2D eigenvalue weighted by Gasteiger charge is -2.28. The fourth-order valence-electron chi connectivity index (χ4n) is 3.48. The smallest absolute Gasteiger partial charge is 0.350 e. The van der Waals surface area contributed by atoms with Gasteiger partial charge in [0.15, 0.2) is 0 Å². The van der Waals surface area contributed by atoms with Crippen LogP contribution < -0.4 is 9.47 Å². The summed E-state index contributed by atoms with van der Waals surface area (Å²) in [4.78, 5) is 12.6. The molecule has 0 aliphatic heterocycles. The van der Waals surface area contributed by atoms with Crippen LogP contribution >= 0.6 is 0 Å². The molecule has 3 rings (SSSR count). The van der Waals surface area contributed by atoms with E-state index in [-0.39, 0.29) is 5.41 Å². The molecule has 0 aromatic heterocycles. The van der Waals surface area contributed by atoms with E-state index in [9.17, 15) is 4.79 Å². The van der Waals surface area contributed by atoms with Gasteiger partial charge < -0.3 is 14.2 Å². The second-order valence-electron chi connectivity index (χ2n) is 9.19. The van der Waals surface area contributed by atoms with E-state index in [0.29, 0.717) is 18.8 Å². The van der Waals surface area contributed by atoms with Crippen molar-refractivity contribution in [2.24, 2.45) is 0 Å². The third kappa shape index (κ3) is 6.13. The van der Waals surface area contributed by atoms with Crippen molar-refractivity contribution in [2.75, 3.05) is 7.11 Å². The summed E-state index contributed by atoms with van der Waals surface area (Å²) in [6.45, 7) is 8.75. The van der Waals surface area contributed by atoms with Crippen LogP contribution in [0.2, 0.25) is 0 Å². The minimum atomic E-state index is -1.15. The molecule has 32 heavy (non-hydrogen) atoms. The number of benzene rings is 3. The maximum Gasteiger partial charge on any atom is 0.350 e. The van der Waals surface area contributed by atoms with Crippen LogP contribution in [0.15, 0.2) is 78.9 Å². The Morgan fingerprint density at radius 1 is 0.750 bits per heavy atom. The molecule has 3 aromatic carbocycles. The SMILES string of the molecule is COC(=O)C(C)(Cc1ccc(OCc2ccccc2)cc1)Oc1ccc(C(C)(C)C)cc1. The van der Waals surface area contributed by atoms with Gasteiger partial charge in [0.05, 0.1) is 7.11 Å². The van der Waals surface area contributed by atoms with Gasteiger partial charge in [0.25, 0.3) is 0 Å². The molecule has 168 valence electrons. The molecule has 0 fully saturated rings. The zero-order valence-electron chi connectivity index (χ0n) is 19.6. The van der Waals surface area contributed by atoms with E-state index in [1.807, 2.05) is 78.9 Å². The van der Waals surface area contributed by atoms with Gasteiger partial charge in [-0.05, 0) is 53.3 Å². The summed E-state index contributed by atoms with van der Waals surface area (Å²) in [6, 6.07) is 25.6. The van der Waals surface area contributed by atoms with E-state index >= 15 is 0 Å². The van der Waals surface area contributed by atoms with Crippen LogP contribution in [-0.4, -0.2) is 18.7 Å². The van der Waals surface area contributed by atoms with Gasteiger partial charge in [0, 0.05) is 6.42 Å². The van der Waals surface area contributed by atoms with E-state index in [1.54, 1.807) is 6.92 Å². The Morgan fingerprint density at radius 2 is 1.34 bits per heavy atom. The van der Waals surface area contributed by atoms with Crippen molar-refractivity contribution in [1.29, 1.82) is 0 Å². The molecular weight excluding hydrogens is 400 g/mol. The lowest BCUT2D eigenvalue weighted by atomic mass is 9.87. The van der Waals surface area contributed by atoms with Crippen molar-refractivity contribution in [2.45, 2.75) is 51.7 Å². The first-order valence-electron chi connectivity index (χ1n) is 10.8. The van der Waals surface area contributed by atoms with E-state index in [4.69, 9.17) is 14.2 Å². The normalized spacial score (nSPS) is 13.2. The highest BCUT2D eigenvalue weighted by Gasteiger charge is 2.37. The molecule has 0 saturated heterocycles. The number of carbonyl (C=O) groups excluding carboxylic acids is 1. The summed E-state index contributed by atoms with van der Waals surface area (Å²) in [5, 5.41) is 0. The van der Waals surface area contributed by atoms with Crippen molar-refractivity contribution in [3.63, 3.8) is 0 Å². The van der Waals surface area contributed by atoms with Crippen molar-refractivity contribution in [3.05, 3.63) is 95.6 Å². The predicted octanol–water partition coefficient (Wildman–Crippen LogP) is 6.12. The van der Waals surface area contributed by atoms with Crippen LogP contribution in [0.5, 0.6) is 11.5 Å². The summed E-state index contributed by atoms with van der Waals surface area (Å²) < 4.78 is 17.1. The number of ether oxygens (including phenoxy) is 3. The van der Waals surface area contributed by atoms with Gasteiger partial charge in [-0.3, -0.25) is 0 Å². The maximum atomic E-state index is 12.6. The molecule has 4 nitrogen and oxygen atoms in total. The Kier molecular flexibility index (Phi) is 7.24. The fraction of sp³-hybridized carbons (Fsp3) is 0.321. The highest BCUT2D eigenvalue weighted by atomic mass is 16.6. The third-order valence-corrected chi connectivity index (χ3v) is 5.39. The highest BCUT2D eigenvalue weighted by Crippen LogP contribution is 2.28. The molecule has 3 aromatic rings. The molecule has 0 heterocycles. The van der Waals surface area contributed by atoms with Gasteiger partial charge in [-0.15, -0.1) is 0 Å². The van der Waals surface area contributed by atoms with E-state index in [1.165, 1.54) is 12.7 Å². The quantitative estimate of drug-likeness (QED) is 0.403. The Bertz CT molecular complexity index is 1000. The predicted molar refractivity (Wildman–Crippen MR) is 127 cm³/mol. The van der Waals surface area contributed by atoms with Crippen LogP contribution in [0.25, 0.3) is 0 Å². The van der Waals surface area contributed by atoms with Gasteiger partial charge in [-0.2, -0.15) is 0 Å². The average Bonchev–Trinajstić information content (AvgIpc) is 2.78. The summed E-state index contributed by atoms with van der Waals surface area (Å²) in [5.74, 6) is 0.992. The van der Waals surface area contributed by atoms with Crippen molar-refractivity contribution < 1.29 is 19.0 Å². The Hall–Kier alpha value is -3.27. The topological polar surface area (TPSA) is 44.8 Å². The molecule has 0 N–H and O–H groups in total.